The molecule has 5 heteroatoms. The lowest BCUT2D eigenvalue weighted by Crippen LogP contribution is -2.08. The predicted octanol–water partition coefficient (Wildman–Crippen LogP) is 3.65. The maximum absolute atomic E-state index is 14.9. The molecule has 1 aromatic carbocycles. The zero-order valence-corrected chi connectivity index (χ0v) is 12.9. The summed E-state index contributed by atoms with van der Waals surface area (Å²) in [6, 6.07) is 9.96. The van der Waals surface area contributed by atoms with Gasteiger partial charge in [0.15, 0.2) is 0 Å². The number of benzene rings is 1. The Labute approximate surface area is 136 Å². The van der Waals surface area contributed by atoms with Gasteiger partial charge in [-0.2, -0.15) is 21.0 Å². The average molecular weight is 308 g/mol. The summed E-state index contributed by atoms with van der Waals surface area (Å²) in [6.07, 6.45) is 2.38. The Kier molecular flexibility index (Phi) is 7.85. The number of hydrogen-bond acceptors (Lipinski definition) is 4. The smallest absolute Gasteiger partial charge is 0.130 e. The van der Waals surface area contributed by atoms with E-state index in [1.165, 1.54) is 0 Å². The lowest BCUT2D eigenvalue weighted by Gasteiger charge is -2.17. The fraction of sp³-hybridized carbons (Fsp3) is 0.444. The molecule has 0 spiro atoms. The fourth-order valence-electron chi connectivity index (χ4n) is 2.58. The highest BCUT2D eigenvalue weighted by Gasteiger charge is 2.17. The van der Waals surface area contributed by atoms with Gasteiger partial charge < -0.3 is 0 Å². The van der Waals surface area contributed by atoms with Crippen LogP contribution in [0.4, 0.5) is 4.39 Å². The molecule has 0 unspecified atom stereocenters. The average Bonchev–Trinajstić information content (AvgIpc) is 2.56. The second kappa shape index (κ2) is 9.94. The van der Waals surface area contributed by atoms with Gasteiger partial charge >= 0.3 is 0 Å². The third-order valence-corrected chi connectivity index (χ3v) is 3.64. The molecule has 0 saturated carbocycles. The van der Waals surface area contributed by atoms with E-state index in [0.717, 1.165) is 11.1 Å². The lowest BCUT2D eigenvalue weighted by atomic mass is 9.89. The zero-order chi connectivity index (χ0) is 17.1. The maximum Gasteiger partial charge on any atom is 0.130 e. The Morgan fingerprint density at radius 3 is 1.35 bits per heavy atom. The molecule has 0 N–H and O–H groups in total. The van der Waals surface area contributed by atoms with Crippen LogP contribution < -0.4 is 0 Å². The molecule has 0 aromatic heterocycles. The van der Waals surface area contributed by atoms with Crippen molar-refractivity contribution in [1.82, 2.24) is 0 Å². The van der Waals surface area contributed by atoms with Crippen LogP contribution in [0.5, 0.6) is 0 Å². The zero-order valence-electron chi connectivity index (χ0n) is 12.9. The van der Waals surface area contributed by atoms with Crippen molar-refractivity contribution >= 4 is 0 Å². The Balaban J connectivity index is 3.35. The third-order valence-electron chi connectivity index (χ3n) is 3.64. The minimum absolute atomic E-state index is 0.200. The summed E-state index contributed by atoms with van der Waals surface area (Å²) in [5.41, 5.74) is 2.40. The minimum atomic E-state index is -0.376. The fourth-order valence-corrected chi connectivity index (χ4v) is 2.58. The predicted molar refractivity (Wildman–Crippen MR) is 82.1 cm³/mol. The molecule has 4 nitrogen and oxygen atoms in total. The molecule has 23 heavy (non-hydrogen) atoms. The van der Waals surface area contributed by atoms with Gasteiger partial charge in [0.25, 0.3) is 0 Å². The highest BCUT2D eigenvalue weighted by atomic mass is 19.1. The molecule has 0 aliphatic rings. The van der Waals surface area contributed by atoms with Crippen LogP contribution in [0.3, 0.4) is 0 Å². The largest absolute Gasteiger partial charge is 0.206 e. The van der Waals surface area contributed by atoms with Gasteiger partial charge in [0.1, 0.15) is 5.82 Å². The Morgan fingerprint density at radius 1 is 0.652 bits per heavy atom. The van der Waals surface area contributed by atoms with E-state index in [-0.39, 0.29) is 31.5 Å². The van der Waals surface area contributed by atoms with E-state index in [2.05, 4.69) is 0 Å². The van der Waals surface area contributed by atoms with E-state index in [1.807, 2.05) is 30.3 Å². The molecule has 0 atom stereocenters. The molecule has 0 radical (unpaired) electrons. The second-order valence-electron chi connectivity index (χ2n) is 5.10. The van der Waals surface area contributed by atoms with Crippen molar-refractivity contribution in [2.75, 3.05) is 0 Å². The SMILES string of the molecule is N#CCCc1cc(CCC#N)c(CCC#N)c(F)c1CCC#N. The van der Waals surface area contributed by atoms with Crippen LogP contribution in [-0.4, -0.2) is 0 Å². The topological polar surface area (TPSA) is 95.2 Å². The minimum Gasteiger partial charge on any atom is -0.206 e. The summed E-state index contributed by atoms with van der Waals surface area (Å²) in [5.74, 6) is -0.376. The normalized spacial score (nSPS) is 9.43. The van der Waals surface area contributed by atoms with Gasteiger partial charge in [-0.3, -0.25) is 0 Å². The molecule has 1 aromatic rings. The van der Waals surface area contributed by atoms with Gasteiger partial charge in [-0.25, -0.2) is 4.39 Å². The van der Waals surface area contributed by atoms with E-state index in [1.54, 1.807) is 0 Å². The van der Waals surface area contributed by atoms with Crippen LogP contribution in [-0.2, 0) is 25.7 Å². The van der Waals surface area contributed by atoms with E-state index in [4.69, 9.17) is 21.0 Å². The Bertz CT molecular complexity index is 653. The van der Waals surface area contributed by atoms with Gasteiger partial charge in [-0.05, 0) is 47.9 Å². The van der Waals surface area contributed by atoms with E-state index in [0.29, 0.717) is 36.8 Å². The van der Waals surface area contributed by atoms with Crippen molar-refractivity contribution in [3.8, 4) is 24.3 Å². The number of rotatable bonds is 8. The van der Waals surface area contributed by atoms with Crippen molar-refractivity contribution in [2.45, 2.75) is 51.4 Å². The summed E-state index contributed by atoms with van der Waals surface area (Å²) in [5, 5.41) is 35.1. The van der Waals surface area contributed by atoms with Crippen LogP contribution in [0, 0.1) is 51.1 Å². The van der Waals surface area contributed by atoms with E-state index < -0.39 is 0 Å². The highest BCUT2D eigenvalue weighted by molar-refractivity contribution is 5.41. The molecule has 0 aliphatic heterocycles. The molecule has 0 bridgehead atoms. The number of hydrogen-bond donors (Lipinski definition) is 0. The first-order chi connectivity index (χ1) is 11.2. The van der Waals surface area contributed by atoms with Crippen LogP contribution in [0.2, 0.25) is 0 Å². The Morgan fingerprint density at radius 2 is 1.00 bits per heavy atom. The highest BCUT2D eigenvalue weighted by Crippen LogP contribution is 2.27. The van der Waals surface area contributed by atoms with Gasteiger partial charge in [0.05, 0.1) is 24.3 Å². The third kappa shape index (κ3) is 5.10. The van der Waals surface area contributed by atoms with Crippen molar-refractivity contribution in [1.29, 1.82) is 21.0 Å². The molecule has 0 amide bonds. The molecular formula is C18H17FN4. The summed E-state index contributed by atoms with van der Waals surface area (Å²) < 4.78 is 14.9. The van der Waals surface area contributed by atoms with Crippen LogP contribution in [0.25, 0.3) is 0 Å². The first-order valence-electron chi connectivity index (χ1n) is 7.49. The summed E-state index contributed by atoms with van der Waals surface area (Å²) in [6.45, 7) is 0. The first kappa shape index (κ1) is 18.2. The number of aryl methyl sites for hydroxylation is 2. The molecule has 1 rings (SSSR count). The van der Waals surface area contributed by atoms with Crippen molar-refractivity contribution < 1.29 is 4.39 Å². The van der Waals surface area contributed by atoms with Crippen LogP contribution >= 0.6 is 0 Å². The number of halogens is 1. The van der Waals surface area contributed by atoms with Gasteiger partial charge in [-0.1, -0.05) is 6.07 Å². The van der Waals surface area contributed by atoms with Crippen LogP contribution in [0.15, 0.2) is 6.07 Å². The molecular weight excluding hydrogens is 291 g/mol. The first-order valence-corrected chi connectivity index (χ1v) is 7.49. The standard InChI is InChI=1S/C18H17FN4/c19-18-16(7-3-11-22)14(5-1-9-20)13-15(6-2-10-21)17(18)8-4-12-23/h13H,1-8H2. The molecule has 0 heterocycles. The van der Waals surface area contributed by atoms with E-state index in [9.17, 15) is 4.39 Å². The summed E-state index contributed by atoms with van der Waals surface area (Å²) >= 11 is 0. The van der Waals surface area contributed by atoms with Gasteiger partial charge in [-0.15, -0.1) is 0 Å². The summed E-state index contributed by atoms with van der Waals surface area (Å²) in [7, 11) is 0. The van der Waals surface area contributed by atoms with Gasteiger partial charge in [0.2, 0.25) is 0 Å². The number of nitrogens with zero attached hydrogens (tertiary/aromatic N) is 4. The second-order valence-corrected chi connectivity index (χ2v) is 5.10. The van der Waals surface area contributed by atoms with Crippen LogP contribution in [0.1, 0.15) is 47.9 Å². The molecule has 116 valence electrons. The monoisotopic (exact) mass is 308 g/mol. The van der Waals surface area contributed by atoms with E-state index >= 15 is 0 Å². The van der Waals surface area contributed by atoms with Crippen molar-refractivity contribution in [2.24, 2.45) is 0 Å². The molecule has 0 aliphatic carbocycles. The molecule has 0 fully saturated rings. The van der Waals surface area contributed by atoms with Gasteiger partial charge in [0, 0.05) is 25.7 Å². The molecule has 0 saturated heterocycles. The lowest BCUT2D eigenvalue weighted by molar-refractivity contribution is 0.584. The summed E-state index contributed by atoms with van der Waals surface area (Å²) in [4.78, 5) is 0. The maximum atomic E-state index is 14.9. The van der Waals surface area contributed by atoms with Crippen molar-refractivity contribution in [3.63, 3.8) is 0 Å². The quantitative estimate of drug-likeness (QED) is 0.732. The van der Waals surface area contributed by atoms with Crippen molar-refractivity contribution in [3.05, 3.63) is 34.1 Å². The Hall–Kier alpha value is -2.89. The number of nitriles is 4.